The first-order valence-corrected chi connectivity index (χ1v) is 12.2. The third kappa shape index (κ3) is 11.4. The lowest BCUT2D eigenvalue weighted by atomic mass is 10.1. The molecule has 0 aliphatic rings. The molecule has 11 nitrogen and oxygen atoms in total. The van der Waals surface area contributed by atoms with Gasteiger partial charge in [-0.2, -0.15) is 0 Å². The van der Waals surface area contributed by atoms with Crippen LogP contribution >= 0.6 is 11.6 Å². The van der Waals surface area contributed by atoms with Crippen LogP contribution in [0, 0.1) is 0 Å². The Bertz CT molecular complexity index is 1130. The lowest BCUT2D eigenvalue weighted by Crippen LogP contribution is -2.52. The van der Waals surface area contributed by atoms with E-state index in [0.717, 1.165) is 5.56 Å². The third-order valence-electron chi connectivity index (χ3n) is 5.12. The molecule has 5 N–H and O–H groups in total. The van der Waals surface area contributed by atoms with Crippen LogP contribution < -0.4 is 21.7 Å². The molecule has 2 aromatic rings. The van der Waals surface area contributed by atoms with Crippen LogP contribution in [-0.2, 0) is 35.3 Å². The van der Waals surface area contributed by atoms with Crippen molar-refractivity contribution in [3.05, 3.63) is 70.7 Å². The molecule has 12 heteroatoms. The van der Waals surface area contributed by atoms with Crippen molar-refractivity contribution >= 4 is 41.2 Å². The Balaban J connectivity index is 1.70. The monoisotopic (exact) mass is 547 g/mol. The summed E-state index contributed by atoms with van der Waals surface area (Å²) < 4.78 is 18.3. The molecule has 2 atom stereocenters. The fourth-order valence-electron chi connectivity index (χ4n) is 3.06. The minimum Gasteiger partial charge on any atom is -0.461 e. The molecular formula is C26H31ClN4O7. The number of esters is 1. The summed E-state index contributed by atoms with van der Waals surface area (Å²) in [5, 5.41) is 5.88. The van der Waals surface area contributed by atoms with E-state index in [0.29, 0.717) is 15.9 Å². The number of primary amides is 1. The second-order valence-corrected chi connectivity index (χ2v) is 8.60. The van der Waals surface area contributed by atoms with Crippen LogP contribution in [0.3, 0.4) is 0 Å². The number of carbonyl (C=O) groups is 5. The number of rotatable bonds is 15. The van der Waals surface area contributed by atoms with Crippen LogP contribution in [0.5, 0.6) is 0 Å². The molecule has 38 heavy (non-hydrogen) atoms. The summed E-state index contributed by atoms with van der Waals surface area (Å²) in [4.78, 5) is 60.6. The number of halogens is 1. The molecule has 0 aromatic heterocycles. The Morgan fingerprint density at radius 3 is 2.39 bits per heavy atom. The van der Waals surface area contributed by atoms with Gasteiger partial charge in [0.15, 0.2) is 1.41 Å². The number of nitrogens with two attached hydrogens (primary N) is 1. The highest BCUT2D eigenvalue weighted by Gasteiger charge is 2.23. The molecule has 0 bridgehead atoms. The van der Waals surface area contributed by atoms with E-state index in [1.54, 1.807) is 48.5 Å². The molecule has 0 radical (unpaired) electrons. The number of benzene rings is 2. The lowest BCUT2D eigenvalue weighted by molar-refractivity contribution is -0.145. The van der Waals surface area contributed by atoms with Gasteiger partial charge in [-0.3, -0.25) is 24.0 Å². The predicted molar refractivity (Wildman–Crippen MR) is 139 cm³/mol. The first-order valence-electron chi connectivity index (χ1n) is 12.2. The highest BCUT2D eigenvalue weighted by Crippen LogP contribution is 2.09. The smallest absolute Gasteiger partial charge is 0.306 e. The zero-order chi connectivity index (χ0) is 28.8. The first-order chi connectivity index (χ1) is 18.6. The van der Waals surface area contributed by atoms with Crippen LogP contribution in [-0.4, -0.2) is 61.4 Å². The number of amides is 4. The van der Waals surface area contributed by atoms with Crippen LogP contribution in [0.25, 0.3) is 0 Å². The minimum atomic E-state index is -1.28. The first kappa shape index (κ1) is 28.6. The Kier molecular flexibility index (Phi) is 12.0. The van der Waals surface area contributed by atoms with Crippen molar-refractivity contribution < 1.29 is 34.9 Å². The topological polar surface area (TPSA) is 166 Å². The van der Waals surface area contributed by atoms with Gasteiger partial charge in [-0.1, -0.05) is 41.9 Å². The number of ether oxygens (including phenoxy) is 2. The summed E-state index contributed by atoms with van der Waals surface area (Å²) in [6.07, 6.45) is -0.292. The van der Waals surface area contributed by atoms with Crippen molar-refractivity contribution in [1.82, 2.24) is 15.9 Å². The van der Waals surface area contributed by atoms with Crippen molar-refractivity contribution in [3.8, 4) is 0 Å². The van der Waals surface area contributed by atoms with Crippen LogP contribution in [0.15, 0.2) is 54.6 Å². The maximum Gasteiger partial charge on any atom is 0.306 e. The van der Waals surface area contributed by atoms with Gasteiger partial charge in [0.1, 0.15) is 25.3 Å². The number of hydrogen-bond donors (Lipinski definition) is 4. The quantitative estimate of drug-likeness (QED) is 0.191. The molecule has 0 saturated heterocycles. The molecule has 0 heterocycles. The van der Waals surface area contributed by atoms with E-state index in [4.69, 9.17) is 28.2 Å². The Hall–Kier alpha value is -3.96. The summed E-state index contributed by atoms with van der Waals surface area (Å²) in [7, 11) is 0. The number of carbonyl (C=O) groups excluding carboxylic acids is 5. The van der Waals surface area contributed by atoms with E-state index in [1.807, 2.05) is 6.07 Å². The summed E-state index contributed by atoms with van der Waals surface area (Å²) in [6, 6.07) is 12.8. The summed E-state index contributed by atoms with van der Waals surface area (Å²) >= 11 is 5.79. The maximum atomic E-state index is 12.5. The van der Waals surface area contributed by atoms with Crippen LogP contribution in [0.1, 0.15) is 35.7 Å². The van der Waals surface area contributed by atoms with E-state index >= 15 is 0 Å². The van der Waals surface area contributed by atoms with Gasteiger partial charge in [-0.05, 0) is 43.2 Å². The van der Waals surface area contributed by atoms with Gasteiger partial charge < -0.3 is 31.2 Å². The van der Waals surface area contributed by atoms with Crippen LogP contribution in [0.4, 0.5) is 0 Å². The average molecular weight is 548 g/mol. The standard InChI is InChI=1S/C26H31ClN4O7/c1-17(30-22(32)16-37-14-13-29-26(36)19-7-9-20(27)10-8-19)25(35)31-21(24(28)34)11-12-23(33)38-15-18-5-3-2-4-6-18/h2-10,17,21H,11-16H2,1H3,(H2,28,34)(H,29,36)(H,30,32)(H,31,35)/t17-,21-/m0/s1/i/hD. The lowest BCUT2D eigenvalue weighted by Gasteiger charge is -2.19. The third-order valence-corrected chi connectivity index (χ3v) is 5.37. The molecule has 0 unspecified atom stereocenters. The second kappa shape index (κ2) is 16.0. The fourth-order valence-corrected chi connectivity index (χ4v) is 3.19. The number of hydrogen-bond acceptors (Lipinski definition) is 7. The molecule has 2 aromatic carbocycles. The van der Waals surface area contributed by atoms with Gasteiger partial charge in [-0.25, -0.2) is 0 Å². The highest BCUT2D eigenvalue weighted by molar-refractivity contribution is 6.30. The summed E-state index contributed by atoms with van der Waals surface area (Å²) in [5.41, 5.74) is 6.55. The van der Waals surface area contributed by atoms with E-state index in [1.165, 1.54) is 6.92 Å². The van der Waals surface area contributed by atoms with Crippen molar-refractivity contribution in [3.63, 3.8) is 0 Å². The molecule has 4 amide bonds. The fraction of sp³-hybridized carbons (Fsp3) is 0.346. The van der Waals surface area contributed by atoms with Gasteiger partial charge in [0.05, 0.1) is 6.61 Å². The largest absolute Gasteiger partial charge is 0.461 e. The minimum absolute atomic E-state index is 0.0103. The SMILES string of the molecule is [2H]N(C(=O)COCCNC(=O)c1ccc(Cl)cc1)[C@@H](C)C(=O)N[C@@H](CCC(=O)OCc1ccccc1)C(N)=O. The Morgan fingerprint density at radius 2 is 1.74 bits per heavy atom. The van der Waals surface area contributed by atoms with Crippen molar-refractivity contribution in [2.45, 2.75) is 38.5 Å². The number of nitrogens with one attached hydrogen (secondary N) is 3. The molecule has 0 fully saturated rings. The van der Waals surface area contributed by atoms with Gasteiger partial charge in [0.2, 0.25) is 17.7 Å². The Morgan fingerprint density at radius 1 is 1.05 bits per heavy atom. The van der Waals surface area contributed by atoms with Gasteiger partial charge in [0, 0.05) is 23.6 Å². The Labute approximate surface area is 226 Å². The van der Waals surface area contributed by atoms with E-state index in [-0.39, 0.29) is 38.5 Å². The highest BCUT2D eigenvalue weighted by atomic mass is 35.5. The van der Waals surface area contributed by atoms with Crippen molar-refractivity contribution in [2.75, 3.05) is 19.8 Å². The summed E-state index contributed by atoms with van der Waals surface area (Å²) in [5.74, 6) is -3.43. The molecule has 0 aliphatic carbocycles. The van der Waals surface area contributed by atoms with Crippen molar-refractivity contribution in [2.24, 2.45) is 5.73 Å². The van der Waals surface area contributed by atoms with E-state index < -0.39 is 42.4 Å². The normalized spacial score (nSPS) is 12.4. The molecular weight excluding hydrogens is 516 g/mol. The zero-order valence-corrected chi connectivity index (χ0v) is 21.6. The zero-order valence-electron chi connectivity index (χ0n) is 21.9. The average Bonchev–Trinajstić information content (AvgIpc) is 2.93. The second-order valence-electron chi connectivity index (χ2n) is 8.16. The molecule has 2 rings (SSSR count). The van der Waals surface area contributed by atoms with E-state index in [9.17, 15) is 24.0 Å². The summed E-state index contributed by atoms with van der Waals surface area (Å²) in [6.45, 7) is 0.945. The molecule has 204 valence electrons. The molecule has 0 aliphatic heterocycles. The predicted octanol–water partition coefficient (Wildman–Crippen LogP) is 1.08. The van der Waals surface area contributed by atoms with Gasteiger partial charge >= 0.3 is 5.97 Å². The van der Waals surface area contributed by atoms with Gasteiger partial charge in [0.25, 0.3) is 5.91 Å². The van der Waals surface area contributed by atoms with Gasteiger partial charge in [-0.15, -0.1) is 0 Å². The van der Waals surface area contributed by atoms with E-state index in [2.05, 4.69) is 10.6 Å². The van der Waals surface area contributed by atoms with Crippen LogP contribution in [0.2, 0.25) is 6.43 Å². The maximum absolute atomic E-state index is 12.5. The van der Waals surface area contributed by atoms with Crippen molar-refractivity contribution in [1.29, 1.82) is 0 Å². The molecule has 0 saturated carbocycles. The molecule has 0 spiro atoms.